The van der Waals surface area contributed by atoms with E-state index in [1.807, 2.05) is 14.1 Å². The van der Waals surface area contributed by atoms with Crippen LogP contribution in [-0.2, 0) is 16.1 Å². The molecule has 1 aliphatic heterocycles. The largest absolute Gasteiger partial charge is 0.467 e. The minimum atomic E-state index is -0.661. The second-order valence-electron chi connectivity index (χ2n) is 7.81. The van der Waals surface area contributed by atoms with Crippen LogP contribution in [0.3, 0.4) is 0 Å². The Morgan fingerprint density at radius 1 is 1.03 bits per heavy atom. The molecule has 8 heteroatoms. The normalized spacial score (nSPS) is 16.1. The minimum absolute atomic E-state index is 0.0109. The molecule has 1 saturated heterocycles. The third kappa shape index (κ3) is 5.84. The van der Waals surface area contributed by atoms with Gasteiger partial charge in [0.1, 0.15) is 5.76 Å². The first kappa shape index (κ1) is 21.9. The van der Waals surface area contributed by atoms with Gasteiger partial charge in [-0.05, 0) is 36.9 Å². The predicted octanol–water partition coefficient (Wildman–Crippen LogP) is 1.07. The lowest BCUT2D eigenvalue weighted by atomic mass is 10.0. The molecule has 1 aliphatic rings. The molecule has 2 aromatic rings. The van der Waals surface area contributed by atoms with Gasteiger partial charge in [-0.2, -0.15) is 0 Å². The average Bonchev–Trinajstić information content (AvgIpc) is 3.27. The number of furan rings is 1. The third-order valence-electron chi connectivity index (χ3n) is 5.44. The zero-order chi connectivity index (χ0) is 21.5. The Morgan fingerprint density at radius 3 is 2.30 bits per heavy atom. The van der Waals surface area contributed by atoms with E-state index in [0.717, 1.165) is 37.4 Å². The molecule has 2 heterocycles. The lowest BCUT2D eigenvalue weighted by molar-refractivity contribution is -0.139. The van der Waals surface area contributed by atoms with E-state index in [1.54, 1.807) is 12.1 Å². The van der Waals surface area contributed by atoms with E-state index in [0.29, 0.717) is 12.3 Å². The summed E-state index contributed by atoms with van der Waals surface area (Å²) in [5, 5.41) is 5.39. The standard InChI is InChI=1S/C22H31N5O3/c1-25(2)18-8-6-17(7-9-18)20(27-12-10-26(3)11-13-27)16-24-22(29)21(28)23-15-19-5-4-14-30-19/h4-9,14,20H,10-13,15-16H2,1-3H3,(H,23,28)(H,24,29)/t20-/m1/s1. The van der Waals surface area contributed by atoms with Gasteiger partial charge in [0.05, 0.1) is 18.8 Å². The Hall–Kier alpha value is -2.84. The SMILES string of the molecule is CN1CCN([C@H](CNC(=O)C(=O)NCc2ccco2)c2ccc(N(C)C)cc2)CC1. The maximum Gasteiger partial charge on any atom is 0.309 e. The van der Waals surface area contributed by atoms with Crippen LogP contribution in [0.1, 0.15) is 17.4 Å². The molecule has 1 aromatic carbocycles. The number of anilines is 1. The van der Waals surface area contributed by atoms with Gasteiger partial charge in [0.15, 0.2) is 0 Å². The number of amides is 2. The van der Waals surface area contributed by atoms with Gasteiger partial charge in [-0.3, -0.25) is 14.5 Å². The van der Waals surface area contributed by atoms with Crippen LogP contribution in [0.15, 0.2) is 47.1 Å². The van der Waals surface area contributed by atoms with Crippen molar-refractivity contribution < 1.29 is 14.0 Å². The van der Waals surface area contributed by atoms with Crippen molar-refractivity contribution in [3.63, 3.8) is 0 Å². The molecular formula is C22H31N5O3. The highest BCUT2D eigenvalue weighted by atomic mass is 16.3. The van der Waals surface area contributed by atoms with Gasteiger partial charge in [0.2, 0.25) is 0 Å². The summed E-state index contributed by atoms with van der Waals surface area (Å²) >= 11 is 0. The Bertz CT molecular complexity index is 812. The average molecular weight is 414 g/mol. The Labute approximate surface area is 177 Å². The number of likely N-dealkylation sites (N-methyl/N-ethyl adjacent to an activating group) is 1. The van der Waals surface area contributed by atoms with Crippen molar-refractivity contribution in [3.05, 3.63) is 54.0 Å². The van der Waals surface area contributed by atoms with Crippen LogP contribution in [0.2, 0.25) is 0 Å². The summed E-state index contributed by atoms with van der Waals surface area (Å²) in [6.45, 7) is 4.34. The monoisotopic (exact) mass is 413 g/mol. The zero-order valence-electron chi connectivity index (χ0n) is 17.9. The number of nitrogens with one attached hydrogen (secondary N) is 2. The van der Waals surface area contributed by atoms with Crippen molar-refractivity contribution in [3.8, 4) is 0 Å². The van der Waals surface area contributed by atoms with E-state index in [1.165, 1.54) is 6.26 Å². The number of benzene rings is 1. The van der Waals surface area contributed by atoms with E-state index in [4.69, 9.17) is 4.42 Å². The first-order valence-electron chi connectivity index (χ1n) is 10.2. The molecule has 0 unspecified atom stereocenters. The lowest BCUT2D eigenvalue weighted by Crippen LogP contribution is -2.49. The number of rotatable bonds is 7. The van der Waals surface area contributed by atoms with Crippen LogP contribution < -0.4 is 15.5 Å². The number of hydrogen-bond acceptors (Lipinski definition) is 6. The fourth-order valence-electron chi connectivity index (χ4n) is 3.52. The van der Waals surface area contributed by atoms with Crippen molar-refractivity contribution >= 4 is 17.5 Å². The molecule has 0 bridgehead atoms. The summed E-state index contributed by atoms with van der Waals surface area (Å²) in [5.41, 5.74) is 2.25. The van der Waals surface area contributed by atoms with Crippen molar-refractivity contribution in [2.75, 3.05) is 58.8 Å². The second-order valence-corrected chi connectivity index (χ2v) is 7.81. The molecule has 3 rings (SSSR count). The van der Waals surface area contributed by atoms with Crippen LogP contribution in [0.5, 0.6) is 0 Å². The molecule has 0 radical (unpaired) electrons. The van der Waals surface area contributed by atoms with Crippen molar-refractivity contribution in [2.24, 2.45) is 0 Å². The molecule has 0 spiro atoms. The fraction of sp³-hybridized carbons (Fsp3) is 0.455. The lowest BCUT2D eigenvalue weighted by Gasteiger charge is -2.38. The van der Waals surface area contributed by atoms with E-state index in [-0.39, 0.29) is 12.6 Å². The van der Waals surface area contributed by atoms with Crippen molar-refractivity contribution in [1.29, 1.82) is 0 Å². The van der Waals surface area contributed by atoms with Crippen LogP contribution in [0.4, 0.5) is 5.69 Å². The summed E-state index contributed by atoms with van der Waals surface area (Å²) in [7, 11) is 6.13. The Kier molecular flexibility index (Phi) is 7.48. The molecule has 0 aliphatic carbocycles. The fourth-order valence-corrected chi connectivity index (χ4v) is 3.52. The molecule has 2 amide bonds. The molecule has 8 nitrogen and oxygen atoms in total. The molecule has 30 heavy (non-hydrogen) atoms. The third-order valence-corrected chi connectivity index (χ3v) is 5.44. The van der Waals surface area contributed by atoms with Gasteiger partial charge in [-0.25, -0.2) is 0 Å². The number of carbonyl (C=O) groups is 2. The van der Waals surface area contributed by atoms with Crippen LogP contribution in [0, 0.1) is 0 Å². The summed E-state index contributed by atoms with van der Waals surface area (Å²) in [6.07, 6.45) is 1.53. The summed E-state index contributed by atoms with van der Waals surface area (Å²) in [6, 6.07) is 11.9. The smallest absolute Gasteiger partial charge is 0.309 e. The molecule has 1 fully saturated rings. The molecule has 0 saturated carbocycles. The maximum absolute atomic E-state index is 12.3. The highest BCUT2D eigenvalue weighted by Gasteiger charge is 2.25. The van der Waals surface area contributed by atoms with Crippen LogP contribution in [-0.4, -0.2) is 75.5 Å². The van der Waals surface area contributed by atoms with Crippen molar-refractivity contribution in [1.82, 2.24) is 20.4 Å². The minimum Gasteiger partial charge on any atom is -0.467 e. The van der Waals surface area contributed by atoms with Gasteiger partial charge >= 0.3 is 11.8 Å². The maximum atomic E-state index is 12.3. The van der Waals surface area contributed by atoms with Gasteiger partial charge in [-0.1, -0.05) is 12.1 Å². The first-order chi connectivity index (χ1) is 14.4. The number of hydrogen-bond donors (Lipinski definition) is 2. The van der Waals surface area contributed by atoms with Gasteiger partial charge in [0.25, 0.3) is 0 Å². The highest BCUT2D eigenvalue weighted by molar-refractivity contribution is 6.35. The summed E-state index contributed by atoms with van der Waals surface area (Å²) < 4.78 is 5.17. The van der Waals surface area contributed by atoms with Crippen LogP contribution in [0.25, 0.3) is 0 Å². The molecule has 1 aromatic heterocycles. The van der Waals surface area contributed by atoms with Gasteiger partial charge in [0, 0.05) is 52.5 Å². The quantitative estimate of drug-likeness (QED) is 0.661. The van der Waals surface area contributed by atoms with Crippen LogP contribution >= 0.6 is 0 Å². The highest BCUT2D eigenvalue weighted by Crippen LogP contribution is 2.24. The number of piperazine rings is 1. The van der Waals surface area contributed by atoms with E-state index in [2.05, 4.69) is 56.6 Å². The second kappa shape index (κ2) is 10.3. The summed E-state index contributed by atoms with van der Waals surface area (Å²) in [5.74, 6) is -0.690. The van der Waals surface area contributed by atoms with Crippen molar-refractivity contribution in [2.45, 2.75) is 12.6 Å². The van der Waals surface area contributed by atoms with E-state index < -0.39 is 11.8 Å². The summed E-state index contributed by atoms with van der Waals surface area (Å²) in [4.78, 5) is 31.2. The van der Waals surface area contributed by atoms with E-state index in [9.17, 15) is 9.59 Å². The number of nitrogens with zero attached hydrogens (tertiary/aromatic N) is 3. The number of carbonyl (C=O) groups excluding carboxylic acids is 2. The van der Waals surface area contributed by atoms with Gasteiger partial charge in [-0.15, -0.1) is 0 Å². The Balaban J connectivity index is 1.62. The zero-order valence-corrected chi connectivity index (χ0v) is 17.9. The Morgan fingerprint density at radius 2 is 1.70 bits per heavy atom. The molecular weight excluding hydrogens is 382 g/mol. The molecule has 1 atom stereocenters. The first-order valence-corrected chi connectivity index (χ1v) is 10.2. The van der Waals surface area contributed by atoms with Gasteiger partial charge < -0.3 is 24.9 Å². The topological polar surface area (TPSA) is 81.1 Å². The molecule has 2 N–H and O–H groups in total. The predicted molar refractivity (Wildman–Crippen MR) is 116 cm³/mol. The van der Waals surface area contributed by atoms with E-state index >= 15 is 0 Å². The molecule has 162 valence electrons.